The van der Waals surface area contributed by atoms with Crippen LogP contribution in [0.2, 0.25) is 0 Å². The van der Waals surface area contributed by atoms with Gasteiger partial charge in [-0.3, -0.25) is 0 Å². The first-order valence-corrected chi connectivity index (χ1v) is 2.22. The molecular formula is C6H14. The second kappa shape index (κ2) is 3.20. The summed E-state index contributed by atoms with van der Waals surface area (Å²) in [7, 11) is 0. The molecule has 0 radical (unpaired) electrons. The van der Waals surface area contributed by atoms with E-state index < -0.39 is 0 Å². The second-order valence-electron chi connectivity index (χ2n) is 1.44. The minimum Gasteiger partial charge on any atom is -0.0651 e. The van der Waals surface area contributed by atoms with E-state index in [-0.39, 0.29) is 0 Å². The van der Waals surface area contributed by atoms with Gasteiger partial charge in [0.15, 0.2) is 0 Å². The van der Waals surface area contributed by atoms with Crippen molar-refractivity contribution in [3.05, 3.63) is 0 Å². The van der Waals surface area contributed by atoms with E-state index in [9.17, 15) is 0 Å². The van der Waals surface area contributed by atoms with Gasteiger partial charge in [0.1, 0.15) is 0 Å². The average molecular weight is 89.2 g/mol. The molecule has 0 rings (SSSR count). The van der Waals surface area contributed by atoms with Crippen LogP contribution >= 0.6 is 0 Å². The van der Waals surface area contributed by atoms with Crippen LogP contribution in [0, 0.1) is 5.92 Å². The molecule has 0 heterocycles. The van der Waals surface area contributed by atoms with Gasteiger partial charge in [-0.25, -0.2) is 0 Å². The molecule has 6 heavy (non-hydrogen) atoms. The summed E-state index contributed by atoms with van der Waals surface area (Å²) in [6, 6.07) is 0. The Hall–Kier alpha value is 0. The van der Waals surface area contributed by atoms with Crippen molar-refractivity contribution in [3.63, 3.8) is 0 Å². The van der Waals surface area contributed by atoms with Crippen LogP contribution in [-0.2, 0) is 0 Å². The molecule has 0 aliphatic rings. The molecule has 0 aromatic rings. The van der Waals surface area contributed by atoms with Crippen LogP contribution in [0.15, 0.2) is 0 Å². The summed E-state index contributed by atoms with van der Waals surface area (Å²) in [4.78, 5) is 0. The fraction of sp³-hybridized carbons (Fsp3) is 1.00. The standard InChI is InChI=1S/C6H14/c1-4-6(3)5-2/h6H,4-5H2,1-3H3/i1D,2D,3D. The smallest absolute Gasteiger partial charge is 0.0233 e. The maximum atomic E-state index is 7.00. The summed E-state index contributed by atoms with van der Waals surface area (Å²) in [5, 5.41) is 0. The molecule has 0 nitrogen and oxygen atoms in total. The lowest BCUT2D eigenvalue weighted by molar-refractivity contribution is 0.544. The van der Waals surface area contributed by atoms with Crippen LogP contribution < -0.4 is 0 Å². The molecule has 0 aromatic heterocycles. The SMILES string of the molecule is [2H]CCC(C[2H])CC[2H]. The monoisotopic (exact) mass is 89.1 g/mol. The van der Waals surface area contributed by atoms with Crippen molar-refractivity contribution < 1.29 is 4.11 Å². The summed E-state index contributed by atoms with van der Waals surface area (Å²) < 4.78 is 20.7. The van der Waals surface area contributed by atoms with Gasteiger partial charge in [0.05, 0.1) is 0 Å². The molecule has 0 atom stereocenters. The fourth-order valence-electron chi connectivity index (χ4n) is 0.144. The van der Waals surface area contributed by atoms with E-state index in [4.69, 9.17) is 4.11 Å². The molecule has 0 unspecified atom stereocenters. The Morgan fingerprint density at radius 3 is 2.50 bits per heavy atom. The lowest BCUT2D eigenvalue weighted by atomic mass is 10.1. The fourth-order valence-corrected chi connectivity index (χ4v) is 0.144. The highest BCUT2D eigenvalue weighted by Gasteiger charge is 1.88. The van der Waals surface area contributed by atoms with E-state index >= 15 is 0 Å². The summed E-state index contributed by atoms with van der Waals surface area (Å²) in [6.07, 6.45) is 1.59. The van der Waals surface area contributed by atoms with Crippen molar-refractivity contribution in [2.45, 2.75) is 33.5 Å². The minimum absolute atomic E-state index is 0.306. The van der Waals surface area contributed by atoms with E-state index in [1.54, 1.807) is 0 Å². The zero-order chi connectivity index (χ0) is 7.11. The Labute approximate surface area is 44.8 Å². The Bertz CT molecular complexity index is 50.3. The summed E-state index contributed by atoms with van der Waals surface area (Å²) in [6.45, 7) is 1.20. The maximum absolute atomic E-state index is 7.00. The average Bonchev–Trinajstić information content (AvgIpc) is 1.88. The van der Waals surface area contributed by atoms with Crippen molar-refractivity contribution in [2.75, 3.05) is 0 Å². The molecule has 0 saturated carbocycles. The van der Waals surface area contributed by atoms with Crippen LogP contribution in [-0.4, -0.2) is 0 Å². The van der Waals surface area contributed by atoms with Crippen molar-refractivity contribution in [2.24, 2.45) is 5.92 Å². The molecule has 0 bridgehead atoms. The molecule has 0 aromatic carbocycles. The topological polar surface area (TPSA) is 0 Å². The van der Waals surface area contributed by atoms with Gasteiger partial charge < -0.3 is 0 Å². The van der Waals surface area contributed by atoms with Gasteiger partial charge in [0.2, 0.25) is 0 Å². The molecule has 0 saturated heterocycles. The molecule has 0 amide bonds. The van der Waals surface area contributed by atoms with Crippen LogP contribution in [0.25, 0.3) is 0 Å². The zero-order valence-corrected chi connectivity index (χ0v) is 4.11. The summed E-state index contributed by atoms with van der Waals surface area (Å²) >= 11 is 0. The van der Waals surface area contributed by atoms with E-state index in [2.05, 4.69) is 0 Å². The van der Waals surface area contributed by atoms with Gasteiger partial charge in [-0.15, -0.1) is 0 Å². The number of hydrogen-bond donors (Lipinski definition) is 0. The van der Waals surface area contributed by atoms with Crippen molar-refractivity contribution in [3.8, 4) is 0 Å². The van der Waals surface area contributed by atoms with Crippen LogP contribution in [0.5, 0.6) is 0 Å². The second-order valence-corrected chi connectivity index (χ2v) is 1.44. The van der Waals surface area contributed by atoms with Gasteiger partial charge in [0.25, 0.3) is 0 Å². The molecule has 0 aliphatic carbocycles. The van der Waals surface area contributed by atoms with Gasteiger partial charge in [-0.05, 0) is 5.92 Å². The normalized spacial score (nSPS) is 16.5. The number of hydrogen-bond acceptors (Lipinski definition) is 0. The first-order valence-electron chi connectivity index (χ1n) is 4.35. The third kappa shape index (κ3) is 2.25. The largest absolute Gasteiger partial charge is 0.0651 e. The third-order valence-electron chi connectivity index (χ3n) is 0.816. The summed E-state index contributed by atoms with van der Waals surface area (Å²) in [5.74, 6) is 0.306. The van der Waals surface area contributed by atoms with Gasteiger partial charge in [-0.1, -0.05) is 33.5 Å². The molecular weight excluding hydrogens is 72.1 g/mol. The van der Waals surface area contributed by atoms with Crippen LogP contribution in [0.1, 0.15) is 37.7 Å². The van der Waals surface area contributed by atoms with Gasteiger partial charge >= 0.3 is 0 Å². The van der Waals surface area contributed by atoms with Gasteiger partial charge in [0, 0.05) is 4.11 Å². The van der Waals surface area contributed by atoms with Crippen molar-refractivity contribution in [1.82, 2.24) is 0 Å². The predicted molar refractivity (Wildman–Crippen MR) is 29.7 cm³/mol. The zero-order valence-electron chi connectivity index (χ0n) is 7.11. The predicted octanol–water partition coefficient (Wildman–Crippen LogP) is 2.44. The Balaban J connectivity index is 3.18. The van der Waals surface area contributed by atoms with E-state index in [0.717, 1.165) is 12.8 Å². The maximum Gasteiger partial charge on any atom is 0.0233 e. The van der Waals surface area contributed by atoms with E-state index in [1.165, 1.54) is 0 Å². The highest BCUT2D eigenvalue weighted by molar-refractivity contribution is 4.41. The highest BCUT2D eigenvalue weighted by atomic mass is 13.9. The Morgan fingerprint density at radius 2 is 2.17 bits per heavy atom. The Morgan fingerprint density at radius 1 is 1.50 bits per heavy atom. The number of rotatable bonds is 2. The van der Waals surface area contributed by atoms with Crippen LogP contribution in [0.4, 0.5) is 0 Å². The highest BCUT2D eigenvalue weighted by Crippen LogP contribution is 2.02. The first-order chi connectivity index (χ1) is 4.35. The van der Waals surface area contributed by atoms with E-state index in [1.807, 2.05) is 0 Å². The first kappa shape index (κ1) is 2.34. The molecule has 0 heteroatoms. The van der Waals surface area contributed by atoms with Crippen molar-refractivity contribution >= 4 is 0 Å². The van der Waals surface area contributed by atoms with Gasteiger partial charge in [-0.2, -0.15) is 0 Å². The molecule has 38 valence electrons. The lowest BCUT2D eigenvalue weighted by Gasteiger charge is -1.98. The quantitative estimate of drug-likeness (QED) is 0.487. The molecule has 0 fully saturated rings. The molecule has 0 spiro atoms. The Kier molecular flexibility index (Phi) is 1.25. The molecule has 0 N–H and O–H groups in total. The van der Waals surface area contributed by atoms with Crippen LogP contribution in [0.3, 0.4) is 0 Å². The minimum atomic E-state index is 0.306. The molecule has 0 aliphatic heterocycles. The summed E-state index contributed by atoms with van der Waals surface area (Å²) in [5.41, 5.74) is 0. The lowest BCUT2D eigenvalue weighted by Crippen LogP contribution is -1.85. The van der Waals surface area contributed by atoms with Crippen molar-refractivity contribution in [1.29, 1.82) is 0 Å². The third-order valence-corrected chi connectivity index (χ3v) is 0.816. The van der Waals surface area contributed by atoms with E-state index in [0.29, 0.717) is 26.6 Å².